The van der Waals surface area contributed by atoms with Gasteiger partial charge in [0.2, 0.25) is 11.8 Å². The van der Waals surface area contributed by atoms with E-state index in [0.717, 1.165) is 11.4 Å². The number of piperazine rings is 1. The number of carbonyl (C=O) groups excluding carboxylic acids is 1. The standard InChI is InChI=1S/C21H26Cl2N4O2/c1-14-5-6-16(23)17(9-14)29-19-10-18(24-13-25-19)26-7-8-27(15(2)11-26)20(28)21(3,4)12-22/h5-6,9-10,13,15H,7-8,11-12H2,1-4H3/t15-/m1/s1. The number of anilines is 1. The van der Waals surface area contributed by atoms with Crippen LogP contribution >= 0.6 is 23.2 Å². The Labute approximate surface area is 181 Å². The number of benzene rings is 1. The van der Waals surface area contributed by atoms with Crippen molar-refractivity contribution in [3.05, 3.63) is 41.2 Å². The summed E-state index contributed by atoms with van der Waals surface area (Å²) in [7, 11) is 0. The average Bonchev–Trinajstić information content (AvgIpc) is 2.70. The summed E-state index contributed by atoms with van der Waals surface area (Å²) in [4.78, 5) is 25.4. The van der Waals surface area contributed by atoms with E-state index in [2.05, 4.69) is 14.9 Å². The lowest BCUT2D eigenvalue weighted by Crippen LogP contribution is -2.57. The molecule has 2 heterocycles. The van der Waals surface area contributed by atoms with Gasteiger partial charge in [0.15, 0.2) is 0 Å². The molecule has 1 aliphatic rings. The Balaban J connectivity index is 1.72. The van der Waals surface area contributed by atoms with E-state index in [9.17, 15) is 4.79 Å². The second-order valence-electron chi connectivity index (χ2n) is 8.06. The Bertz CT molecular complexity index is 891. The van der Waals surface area contributed by atoms with Gasteiger partial charge < -0.3 is 14.5 Å². The average molecular weight is 437 g/mol. The van der Waals surface area contributed by atoms with Crippen molar-refractivity contribution in [1.29, 1.82) is 0 Å². The first-order valence-electron chi connectivity index (χ1n) is 9.59. The number of amides is 1. The number of alkyl halides is 1. The molecule has 0 N–H and O–H groups in total. The molecule has 0 bridgehead atoms. The number of rotatable bonds is 5. The minimum atomic E-state index is -0.568. The first kappa shape index (κ1) is 21.7. The van der Waals surface area contributed by atoms with Crippen LogP contribution in [0.5, 0.6) is 11.6 Å². The molecule has 1 atom stereocenters. The molecule has 2 aromatic rings. The maximum Gasteiger partial charge on any atom is 0.229 e. The van der Waals surface area contributed by atoms with Gasteiger partial charge in [0.1, 0.15) is 17.9 Å². The smallest absolute Gasteiger partial charge is 0.229 e. The van der Waals surface area contributed by atoms with Gasteiger partial charge in [0.05, 0.1) is 10.4 Å². The highest BCUT2D eigenvalue weighted by molar-refractivity contribution is 6.32. The molecule has 1 aromatic heterocycles. The number of aromatic nitrogens is 2. The van der Waals surface area contributed by atoms with Crippen molar-refractivity contribution in [3.63, 3.8) is 0 Å². The number of halogens is 2. The zero-order valence-corrected chi connectivity index (χ0v) is 18.7. The molecular weight excluding hydrogens is 411 g/mol. The van der Waals surface area contributed by atoms with Gasteiger partial charge in [0.25, 0.3) is 0 Å². The van der Waals surface area contributed by atoms with E-state index in [1.165, 1.54) is 6.33 Å². The Morgan fingerprint density at radius 2 is 2.03 bits per heavy atom. The summed E-state index contributed by atoms with van der Waals surface area (Å²) in [5.41, 5.74) is 0.481. The van der Waals surface area contributed by atoms with Crippen molar-refractivity contribution in [2.24, 2.45) is 5.41 Å². The lowest BCUT2D eigenvalue weighted by molar-refractivity contribution is -0.141. The van der Waals surface area contributed by atoms with Gasteiger partial charge in [0, 0.05) is 37.6 Å². The predicted molar refractivity (Wildman–Crippen MR) is 116 cm³/mol. The van der Waals surface area contributed by atoms with Crippen LogP contribution in [0.4, 0.5) is 5.82 Å². The summed E-state index contributed by atoms with van der Waals surface area (Å²) in [6.07, 6.45) is 1.48. The summed E-state index contributed by atoms with van der Waals surface area (Å²) in [6.45, 7) is 9.74. The zero-order chi connectivity index (χ0) is 21.2. The molecule has 0 spiro atoms. The van der Waals surface area contributed by atoms with Crippen LogP contribution in [0.3, 0.4) is 0 Å². The molecule has 1 aliphatic heterocycles. The van der Waals surface area contributed by atoms with Crippen LogP contribution in [0, 0.1) is 12.3 Å². The maximum atomic E-state index is 12.8. The van der Waals surface area contributed by atoms with Crippen molar-refractivity contribution >= 4 is 34.9 Å². The minimum absolute atomic E-state index is 0.0456. The third kappa shape index (κ3) is 4.93. The number of ether oxygens (including phenoxy) is 1. The van der Waals surface area contributed by atoms with Crippen molar-refractivity contribution in [3.8, 4) is 11.6 Å². The van der Waals surface area contributed by atoms with E-state index in [1.807, 2.05) is 44.7 Å². The first-order valence-corrected chi connectivity index (χ1v) is 10.5. The number of hydrogen-bond donors (Lipinski definition) is 0. The van der Waals surface area contributed by atoms with Crippen molar-refractivity contribution in [2.45, 2.75) is 33.7 Å². The Hall–Kier alpha value is -2.05. The van der Waals surface area contributed by atoms with Gasteiger partial charge in [-0.3, -0.25) is 4.79 Å². The molecule has 6 nitrogen and oxygen atoms in total. The number of hydrogen-bond acceptors (Lipinski definition) is 5. The van der Waals surface area contributed by atoms with Gasteiger partial charge in [-0.05, 0) is 45.4 Å². The van der Waals surface area contributed by atoms with Gasteiger partial charge in [-0.2, -0.15) is 0 Å². The largest absolute Gasteiger partial charge is 0.437 e. The molecule has 1 fully saturated rings. The van der Waals surface area contributed by atoms with Crippen molar-refractivity contribution < 1.29 is 9.53 Å². The quantitative estimate of drug-likeness (QED) is 0.644. The maximum absolute atomic E-state index is 12.8. The van der Waals surface area contributed by atoms with Crippen LogP contribution in [-0.4, -0.2) is 52.3 Å². The summed E-state index contributed by atoms with van der Waals surface area (Å²) >= 11 is 12.2. The third-order valence-corrected chi connectivity index (χ3v) is 6.03. The van der Waals surface area contributed by atoms with Crippen LogP contribution < -0.4 is 9.64 Å². The molecule has 0 aliphatic carbocycles. The molecule has 29 heavy (non-hydrogen) atoms. The summed E-state index contributed by atoms with van der Waals surface area (Å²) < 4.78 is 5.88. The monoisotopic (exact) mass is 436 g/mol. The van der Waals surface area contributed by atoms with E-state index in [1.54, 1.807) is 12.1 Å². The SMILES string of the molecule is Cc1ccc(Cl)c(Oc2cc(N3CCN(C(=O)C(C)(C)CCl)[C@H](C)C3)ncn2)c1. The Morgan fingerprint density at radius 1 is 1.28 bits per heavy atom. The molecule has 0 saturated carbocycles. The first-order chi connectivity index (χ1) is 13.7. The van der Waals surface area contributed by atoms with Crippen molar-refractivity contribution in [2.75, 3.05) is 30.4 Å². The molecule has 0 radical (unpaired) electrons. The van der Waals surface area contributed by atoms with Gasteiger partial charge in [-0.25, -0.2) is 9.97 Å². The Kier molecular flexibility index (Phi) is 6.54. The van der Waals surface area contributed by atoms with Crippen LogP contribution in [0.2, 0.25) is 5.02 Å². The molecule has 0 unspecified atom stereocenters. The highest BCUT2D eigenvalue weighted by Crippen LogP contribution is 2.31. The van der Waals surface area contributed by atoms with E-state index in [-0.39, 0.29) is 11.9 Å². The lowest BCUT2D eigenvalue weighted by atomic mass is 9.93. The van der Waals surface area contributed by atoms with Gasteiger partial charge >= 0.3 is 0 Å². The number of aryl methyl sites for hydroxylation is 1. The lowest BCUT2D eigenvalue weighted by Gasteiger charge is -2.43. The molecule has 3 rings (SSSR count). The second kappa shape index (κ2) is 8.76. The van der Waals surface area contributed by atoms with Gasteiger partial charge in [-0.15, -0.1) is 11.6 Å². The highest BCUT2D eigenvalue weighted by Gasteiger charge is 2.36. The number of nitrogens with zero attached hydrogens (tertiary/aromatic N) is 4. The van der Waals surface area contributed by atoms with Crippen LogP contribution in [0.15, 0.2) is 30.6 Å². The Morgan fingerprint density at radius 3 is 2.72 bits per heavy atom. The molecular formula is C21H26Cl2N4O2. The predicted octanol–water partition coefficient (Wildman–Crippen LogP) is 4.53. The molecule has 1 aromatic carbocycles. The van der Waals surface area contributed by atoms with Crippen LogP contribution in [0.25, 0.3) is 0 Å². The highest BCUT2D eigenvalue weighted by atomic mass is 35.5. The number of carbonyl (C=O) groups is 1. The van der Waals surface area contributed by atoms with E-state index < -0.39 is 5.41 Å². The minimum Gasteiger partial charge on any atom is -0.437 e. The summed E-state index contributed by atoms with van der Waals surface area (Å²) in [6, 6.07) is 7.44. The zero-order valence-electron chi connectivity index (χ0n) is 17.2. The molecule has 8 heteroatoms. The molecule has 1 amide bonds. The molecule has 1 saturated heterocycles. The fourth-order valence-electron chi connectivity index (χ4n) is 3.27. The normalized spacial score (nSPS) is 17.4. The second-order valence-corrected chi connectivity index (χ2v) is 8.74. The van der Waals surface area contributed by atoms with Gasteiger partial charge in [-0.1, -0.05) is 17.7 Å². The third-order valence-electron chi connectivity index (χ3n) is 5.05. The fourth-order valence-corrected chi connectivity index (χ4v) is 3.54. The van der Waals surface area contributed by atoms with E-state index in [0.29, 0.717) is 42.2 Å². The van der Waals surface area contributed by atoms with E-state index in [4.69, 9.17) is 27.9 Å². The fraction of sp³-hybridized carbons (Fsp3) is 0.476. The van der Waals surface area contributed by atoms with Crippen molar-refractivity contribution in [1.82, 2.24) is 14.9 Å². The summed E-state index contributed by atoms with van der Waals surface area (Å²) in [5.74, 6) is 2.13. The topological polar surface area (TPSA) is 58.6 Å². The van der Waals surface area contributed by atoms with Crippen LogP contribution in [-0.2, 0) is 4.79 Å². The molecule has 156 valence electrons. The van der Waals surface area contributed by atoms with E-state index >= 15 is 0 Å². The summed E-state index contributed by atoms with van der Waals surface area (Å²) in [5, 5.41) is 0.526. The van der Waals surface area contributed by atoms with Crippen LogP contribution in [0.1, 0.15) is 26.3 Å².